The van der Waals surface area contributed by atoms with Crippen LogP contribution in [0.5, 0.6) is 5.75 Å². The zero-order valence-corrected chi connectivity index (χ0v) is 14.2. The number of aromatic nitrogens is 2. The molecule has 0 spiro atoms. The smallest absolute Gasteiger partial charge is 0.277 e. The van der Waals surface area contributed by atoms with Crippen molar-refractivity contribution in [3.63, 3.8) is 0 Å². The van der Waals surface area contributed by atoms with Gasteiger partial charge in [0.25, 0.3) is 5.22 Å². The van der Waals surface area contributed by atoms with Gasteiger partial charge in [-0.25, -0.2) is 0 Å². The first-order valence-corrected chi connectivity index (χ1v) is 8.38. The Morgan fingerprint density at radius 1 is 1.09 bits per heavy atom. The fraction of sp³-hybridized carbons (Fsp3) is 0.125. The van der Waals surface area contributed by atoms with Crippen LogP contribution in [0.1, 0.15) is 5.56 Å². The number of rotatable bonds is 5. The van der Waals surface area contributed by atoms with Crippen molar-refractivity contribution in [1.82, 2.24) is 10.2 Å². The maximum Gasteiger partial charge on any atom is 0.277 e. The van der Waals surface area contributed by atoms with Crippen molar-refractivity contribution < 1.29 is 9.15 Å². The molecule has 0 aliphatic rings. The third-order valence-corrected chi connectivity index (χ3v) is 4.44. The molecule has 22 heavy (non-hydrogen) atoms. The van der Waals surface area contributed by atoms with Gasteiger partial charge < -0.3 is 9.15 Å². The first kappa shape index (κ1) is 15.1. The average molecular weight is 377 g/mol. The summed E-state index contributed by atoms with van der Waals surface area (Å²) >= 11 is 4.90. The van der Waals surface area contributed by atoms with Crippen LogP contribution in [0.15, 0.2) is 62.6 Å². The maximum atomic E-state index is 5.69. The molecule has 2 aromatic carbocycles. The number of halogens is 1. The second kappa shape index (κ2) is 6.98. The zero-order chi connectivity index (χ0) is 15.4. The van der Waals surface area contributed by atoms with Crippen LogP contribution in [0, 0.1) is 0 Å². The quantitative estimate of drug-likeness (QED) is 0.598. The van der Waals surface area contributed by atoms with Crippen LogP contribution in [0.3, 0.4) is 0 Å². The van der Waals surface area contributed by atoms with Crippen LogP contribution in [-0.4, -0.2) is 17.3 Å². The van der Waals surface area contributed by atoms with Crippen molar-refractivity contribution in [2.45, 2.75) is 11.0 Å². The van der Waals surface area contributed by atoms with E-state index >= 15 is 0 Å². The Morgan fingerprint density at radius 3 is 2.64 bits per heavy atom. The van der Waals surface area contributed by atoms with Gasteiger partial charge in [0.2, 0.25) is 5.89 Å². The highest BCUT2D eigenvalue weighted by atomic mass is 79.9. The van der Waals surface area contributed by atoms with Crippen molar-refractivity contribution in [2.75, 3.05) is 7.11 Å². The third-order valence-electron chi connectivity index (χ3n) is 3.04. The molecule has 0 radical (unpaired) electrons. The maximum absolute atomic E-state index is 5.69. The van der Waals surface area contributed by atoms with Gasteiger partial charge in [0.05, 0.1) is 7.11 Å². The summed E-state index contributed by atoms with van der Waals surface area (Å²) in [5, 5.41) is 8.71. The molecule has 0 bridgehead atoms. The molecule has 0 aliphatic heterocycles. The first-order chi connectivity index (χ1) is 10.8. The highest BCUT2D eigenvalue weighted by Crippen LogP contribution is 2.29. The topological polar surface area (TPSA) is 48.2 Å². The van der Waals surface area contributed by atoms with E-state index in [0.717, 1.165) is 21.3 Å². The molecular formula is C16H13BrN2O2S. The van der Waals surface area contributed by atoms with Gasteiger partial charge in [0.15, 0.2) is 0 Å². The highest BCUT2D eigenvalue weighted by molar-refractivity contribution is 9.10. The zero-order valence-electron chi connectivity index (χ0n) is 11.8. The monoisotopic (exact) mass is 376 g/mol. The molecule has 1 aromatic heterocycles. The van der Waals surface area contributed by atoms with Gasteiger partial charge >= 0.3 is 0 Å². The predicted molar refractivity (Wildman–Crippen MR) is 90.0 cm³/mol. The Labute approximate surface area is 141 Å². The number of para-hydroxylation sites is 1. The van der Waals surface area contributed by atoms with Crippen molar-refractivity contribution >= 4 is 27.7 Å². The number of nitrogens with zero attached hydrogens (tertiary/aromatic N) is 2. The van der Waals surface area contributed by atoms with Gasteiger partial charge in [-0.2, -0.15) is 0 Å². The molecule has 0 aliphatic carbocycles. The summed E-state index contributed by atoms with van der Waals surface area (Å²) in [7, 11) is 1.67. The fourth-order valence-corrected chi connectivity index (χ4v) is 2.96. The lowest BCUT2D eigenvalue weighted by Gasteiger charge is -2.05. The van der Waals surface area contributed by atoms with Crippen LogP contribution >= 0.6 is 27.7 Å². The van der Waals surface area contributed by atoms with Gasteiger partial charge in [0.1, 0.15) is 5.75 Å². The van der Waals surface area contributed by atoms with E-state index in [-0.39, 0.29) is 0 Å². The summed E-state index contributed by atoms with van der Waals surface area (Å²) < 4.78 is 12.0. The summed E-state index contributed by atoms with van der Waals surface area (Å²) in [5.74, 6) is 2.10. The van der Waals surface area contributed by atoms with Crippen LogP contribution in [-0.2, 0) is 5.75 Å². The molecule has 4 nitrogen and oxygen atoms in total. The molecule has 0 saturated carbocycles. The largest absolute Gasteiger partial charge is 0.496 e. The molecule has 112 valence electrons. The van der Waals surface area contributed by atoms with E-state index in [4.69, 9.17) is 9.15 Å². The number of ether oxygens (including phenoxy) is 1. The highest BCUT2D eigenvalue weighted by Gasteiger charge is 2.10. The number of hydrogen-bond donors (Lipinski definition) is 0. The Bertz CT molecular complexity index is 759. The third kappa shape index (κ3) is 3.51. The first-order valence-electron chi connectivity index (χ1n) is 6.60. The fourth-order valence-electron chi connectivity index (χ4n) is 1.94. The molecular weight excluding hydrogens is 364 g/mol. The molecule has 3 aromatic rings. The Balaban J connectivity index is 1.71. The minimum atomic E-state index is 0.523. The SMILES string of the molecule is COc1ccccc1CSc1nnc(-c2ccc(Br)cc2)o1. The molecule has 0 fully saturated rings. The van der Waals surface area contributed by atoms with Gasteiger partial charge in [0, 0.05) is 21.4 Å². The van der Waals surface area contributed by atoms with E-state index in [2.05, 4.69) is 26.1 Å². The molecule has 0 saturated heterocycles. The van der Waals surface area contributed by atoms with Crippen LogP contribution in [0.25, 0.3) is 11.5 Å². The predicted octanol–water partition coefficient (Wildman–Crippen LogP) is 4.80. The second-order valence-corrected chi connectivity index (χ2v) is 6.32. The summed E-state index contributed by atoms with van der Waals surface area (Å²) in [5.41, 5.74) is 2.00. The lowest BCUT2D eigenvalue weighted by molar-refractivity contribution is 0.411. The summed E-state index contributed by atoms with van der Waals surface area (Å²) in [6, 6.07) is 15.7. The number of thioether (sulfide) groups is 1. The minimum Gasteiger partial charge on any atom is -0.496 e. The van der Waals surface area contributed by atoms with Crippen LogP contribution in [0.4, 0.5) is 0 Å². The Kier molecular flexibility index (Phi) is 4.80. The molecule has 6 heteroatoms. The summed E-state index contributed by atoms with van der Waals surface area (Å²) in [6.45, 7) is 0. The number of methoxy groups -OCH3 is 1. The van der Waals surface area contributed by atoms with E-state index in [1.54, 1.807) is 7.11 Å². The standard InChI is InChI=1S/C16H13BrN2O2S/c1-20-14-5-3-2-4-12(14)10-22-16-19-18-15(21-16)11-6-8-13(17)9-7-11/h2-9H,10H2,1H3. The van der Waals surface area contributed by atoms with Gasteiger partial charge in [-0.15, -0.1) is 10.2 Å². The second-order valence-electron chi connectivity index (χ2n) is 4.48. The molecule has 0 atom stereocenters. The van der Waals surface area contributed by atoms with Gasteiger partial charge in [-0.1, -0.05) is 45.9 Å². The molecule has 0 N–H and O–H groups in total. The van der Waals surface area contributed by atoms with Crippen molar-refractivity contribution in [2.24, 2.45) is 0 Å². The molecule has 0 unspecified atom stereocenters. The van der Waals surface area contributed by atoms with Crippen molar-refractivity contribution in [1.29, 1.82) is 0 Å². The van der Waals surface area contributed by atoms with E-state index in [9.17, 15) is 0 Å². The van der Waals surface area contributed by atoms with E-state index in [1.807, 2.05) is 48.5 Å². The lowest BCUT2D eigenvalue weighted by Crippen LogP contribution is -1.89. The van der Waals surface area contributed by atoms with Gasteiger partial charge in [-0.05, 0) is 30.3 Å². The average Bonchev–Trinajstić information content (AvgIpc) is 3.03. The van der Waals surface area contributed by atoms with E-state index in [1.165, 1.54) is 11.8 Å². The Morgan fingerprint density at radius 2 is 1.86 bits per heavy atom. The van der Waals surface area contributed by atoms with E-state index < -0.39 is 0 Å². The number of hydrogen-bond acceptors (Lipinski definition) is 5. The summed E-state index contributed by atoms with van der Waals surface area (Å²) in [4.78, 5) is 0. The molecule has 3 rings (SSSR count). The minimum absolute atomic E-state index is 0.523. The Hall–Kier alpha value is -1.79. The number of benzene rings is 2. The normalized spacial score (nSPS) is 10.6. The summed E-state index contributed by atoms with van der Waals surface area (Å²) in [6.07, 6.45) is 0. The molecule has 1 heterocycles. The molecule has 0 amide bonds. The van der Waals surface area contributed by atoms with E-state index in [0.29, 0.717) is 16.9 Å². The lowest BCUT2D eigenvalue weighted by atomic mass is 10.2. The van der Waals surface area contributed by atoms with Crippen LogP contribution in [0.2, 0.25) is 0 Å². The van der Waals surface area contributed by atoms with Crippen molar-refractivity contribution in [3.8, 4) is 17.2 Å². The van der Waals surface area contributed by atoms with Gasteiger partial charge in [-0.3, -0.25) is 0 Å². The van der Waals surface area contributed by atoms with Crippen LogP contribution < -0.4 is 4.74 Å². The van der Waals surface area contributed by atoms with Crippen molar-refractivity contribution in [3.05, 3.63) is 58.6 Å².